The number of anilines is 1. The summed E-state index contributed by atoms with van der Waals surface area (Å²) in [5.74, 6) is 0. The van der Waals surface area contributed by atoms with Crippen LogP contribution in [0.15, 0.2) is 18.2 Å². The van der Waals surface area contributed by atoms with Gasteiger partial charge in [-0.25, -0.2) is 4.79 Å². The van der Waals surface area contributed by atoms with E-state index in [0.717, 1.165) is 36.3 Å². The molecular weight excluding hydrogens is 202 g/mol. The highest BCUT2D eigenvalue weighted by molar-refractivity contribution is 5.93. The van der Waals surface area contributed by atoms with Gasteiger partial charge in [0.25, 0.3) is 0 Å². The van der Waals surface area contributed by atoms with Gasteiger partial charge in [-0.05, 0) is 30.5 Å². The third-order valence-electron chi connectivity index (χ3n) is 2.88. The molecule has 4 nitrogen and oxygen atoms in total. The maximum atomic E-state index is 11.7. The molecule has 1 aromatic rings. The minimum Gasteiger partial charge on any atom is -0.338 e. The van der Waals surface area contributed by atoms with Crippen LogP contribution in [-0.4, -0.2) is 19.1 Å². The molecule has 16 heavy (non-hydrogen) atoms. The summed E-state index contributed by atoms with van der Waals surface area (Å²) in [6.07, 6.45) is 0.984. The van der Waals surface area contributed by atoms with Crippen molar-refractivity contribution in [1.82, 2.24) is 5.32 Å². The van der Waals surface area contributed by atoms with Crippen LogP contribution >= 0.6 is 0 Å². The SMILES string of the molecule is Cc1ccc(CN)cc1N1CCCNC1=O. The number of nitrogens with zero attached hydrogens (tertiary/aromatic N) is 1. The zero-order valence-electron chi connectivity index (χ0n) is 9.49. The van der Waals surface area contributed by atoms with Crippen LogP contribution in [0.4, 0.5) is 10.5 Å². The Bertz CT molecular complexity index is 403. The third kappa shape index (κ3) is 2.02. The van der Waals surface area contributed by atoms with E-state index < -0.39 is 0 Å². The summed E-state index contributed by atoms with van der Waals surface area (Å²) < 4.78 is 0. The molecule has 3 N–H and O–H groups in total. The van der Waals surface area contributed by atoms with Gasteiger partial charge in [-0.3, -0.25) is 4.90 Å². The summed E-state index contributed by atoms with van der Waals surface area (Å²) in [7, 11) is 0. The van der Waals surface area contributed by atoms with E-state index in [1.807, 2.05) is 25.1 Å². The lowest BCUT2D eigenvalue weighted by Crippen LogP contribution is -2.46. The number of hydrogen-bond donors (Lipinski definition) is 2. The minimum absolute atomic E-state index is 0.0106. The molecule has 2 rings (SSSR count). The molecule has 1 aliphatic rings. The van der Waals surface area contributed by atoms with Crippen LogP contribution in [0.25, 0.3) is 0 Å². The van der Waals surface area contributed by atoms with Crippen molar-refractivity contribution in [2.24, 2.45) is 5.73 Å². The Kier molecular flexibility index (Phi) is 3.10. The van der Waals surface area contributed by atoms with E-state index in [0.29, 0.717) is 6.54 Å². The predicted octanol–water partition coefficient (Wildman–Crippen LogP) is 1.37. The molecule has 0 saturated carbocycles. The standard InChI is InChI=1S/C12H17N3O/c1-9-3-4-10(8-13)7-11(9)15-6-2-5-14-12(15)16/h3-4,7H,2,5-6,8,13H2,1H3,(H,14,16). The van der Waals surface area contributed by atoms with E-state index in [1.165, 1.54) is 0 Å². The van der Waals surface area contributed by atoms with Crippen LogP contribution in [0.3, 0.4) is 0 Å². The molecule has 4 heteroatoms. The van der Waals surface area contributed by atoms with Crippen LogP contribution in [0, 0.1) is 6.92 Å². The summed E-state index contributed by atoms with van der Waals surface area (Å²) in [6, 6.07) is 6.00. The van der Waals surface area contributed by atoms with Gasteiger partial charge in [0, 0.05) is 25.3 Å². The lowest BCUT2D eigenvalue weighted by Gasteiger charge is -2.29. The zero-order chi connectivity index (χ0) is 11.5. The molecule has 1 saturated heterocycles. The van der Waals surface area contributed by atoms with Crippen LogP contribution < -0.4 is 16.0 Å². The largest absolute Gasteiger partial charge is 0.338 e. The third-order valence-corrected chi connectivity index (χ3v) is 2.88. The van der Waals surface area contributed by atoms with Gasteiger partial charge in [0.15, 0.2) is 0 Å². The van der Waals surface area contributed by atoms with Gasteiger partial charge in [-0.15, -0.1) is 0 Å². The topological polar surface area (TPSA) is 58.4 Å². The Morgan fingerprint density at radius 3 is 3.00 bits per heavy atom. The van der Waals surface area contributed by atoms with Gasteiger partial charge in [-0.2, -0.15) is 0 Å². The molecule has 0 spiro atoms. The van der Waals surface area contributed by atoms with Gasteiger partial charge in [-0.1, -0.05) is 12.1 Å². The summed E-state index contributed by atoms with van der Waals surface area (Å²) in [6.45, 7) is 4.06. The molecule has 0 unspecified atom stereocenters. The maximum Gasteiger partial charge on any atom is 0.321 e. The van der Waals surface area contributed by atoms with Crippen molar-refractivity contribution in [2.45, 2.75) is 19.9 Å². The average molecular weight is 219 g/mol. The number of benzene rings is 1. The molecular formula is C12H17N3O. The number of carbonyl (C=O) groups excluding carboxylic acids is 1. The van der Waals surface area contributed by atoms with Gasteiger partial charge >= 0.3 is 6.03 Å². The molecule has 0 atom stereocenters. The number of aryl methyl sites for hydroxylation is 1. The average Bonchev–Trinajstić information content (AvgIpc) is 2.31. The first-order valence-corrected chi connectivity index (χ1v) is 5.57. The van der Waals surface area contributed by atoms with Crippen molar-refractivity contribution >= 4 is 11.7 Å². The predicted molar refractivity (Wildman–Crippen MR) is 64.4 cm³/mol. The highest BCUT2D eigenvalue weighted by atomic mass is 16.2. The fourth-order valence-electron chi connectivity index (χ4n) is 1.93. The first-order valence-electron chi connectivity index (χ1n) is 5.57. The molecule has 1 aromatic carbocycles. The quantitative estimate of drug-likeness (QED) is 0.789. The lowest BCUT2D eigenvalue weighted by atomic mass is 10.1. The molecule has 0 aliphatic carbocycles. The Hall–Kier alpha value is -1.55. The highest BCUT2D eigenvalue weighted by Gasteiger charge is 2.20. The van der Waals surface area contributed by atoms with Crippen LogP contribution in [0.5, 0.6) is 0 Å². The van der Waals surface area contributed by atoms with Gasteiger partial charge in [0.05, 0.1) is 0 Å². The summed E-state index contributed by atoms with van der Waals surface area (Å²) >= 11 is 0. The van der Waals surface area contributed by atoms with E-state index in [1.54, 1.807) is 4.90 Å². The molecule has 0 radical (unpaired) electrons. The van der Waals surface area contributed by atoms with Crippen LogP contribution in [0.1, 0.15) is 17.5 Å². The highest BCUT2D eigenvalue weighted by Crippen LogP contribution is 2.23. The number of amides is 2. The summed E-state index contributed by atoms with van der Waals surface area (Å²) in [4.78, 5) is 13.5. The van der Waals surface area contributed by atoms with E-state index in [9.17, 15) is 4.79 Å². The Labute approximate surface area is 95.4 Å². The normalized spacial score (nSPS) is 16.1. The number of nitrogens with two attached hydrogens (primary N) is 1. The van der Waals surface area contributed by atoms with Crippen LogP contribution in [-0.2, 0) is 6.54 Å². The lowest BCUT2D eigenvalue weighted by molar-refractivity contribution is 0.243. The first kappa shape index (κ1) is 11.0. The molecule has 1 heterocycles. The van der Waals surface area contributed by atoms with Crippen molar-refractivity contribution in [2.75, 3.05) is 18.0 Å². The maximum absolute atomic E-state index is 11.7. The molecule has 86 valence electrons. The number of urea groups is 1. The van der Waals surface area contributed by atoms with Crippen molar-refractivity contribution in [1.29, 1.82) is 0 Å². The Morgan fingerprint density at radius 1 is 1.50 bits per heavy atom. The molecule has 1 fully saturated rings. The van der Waals surface area contributed by atoms with E-state index in [2.05, 4.69) is 5.32 Å². The monoisotopic (exact) mass is 219 g/mol. The summed E-state index contributed by atoms with van der Waals surface area (Å²) in [5, 5.41) is 2.85. The van der Waals surface area contributed by atoms with Crippen molar-refractivity contribution < 1.29 is 4.79 Å². The smallest absolute Gasteiger partial charge is 0.321 e. The second-order valence-corrected chi connectivity index (χ2v) is 4.06. The summed E-state index contributed by atoms with van der Waals surface area (Å²) in [5.41, 5.74) is 8.75. The van der Waals surface area contributed by atoms with Crippen molar-refractivity contribution in [3.8, 4) is 0 Å². The molecule has 2 amide bonds. The second-order valence-electron chi connectivity index (χ2n) is 4.06. The Morgan fingerprint density at radius 2 is 2.31 bits per heavy atom. The molecule has 0 aromatic heterocycles. The van der Waals surface area contributed by atoms with E-state index >= 15 is 0 Å². The van der Waals surface area contributed by atoms with Crippen molar-refractivity contribution in [3.63, 3.8) is 0 Å². The fraction of sp³-hybridized carbons (Fsp3) is 0.417. The van der Waals surface area contributed by atoms with Gasteiger partial charge < -0.3 is 11.1 Å². The van der Waals surface area contributed by atoms with Crippen molar-refractivity contribution in [3.05, 3.63) is 29.3 Å². The number of nitrogens with one attached hydrogen (secondary N) is 1. The van der Waals surface area contributed by atoms with Gasteiger partial charge in [0.1, 0.15) is 0 Å². The Balaban J connectivity index is 2.33. The number of rotatable bonds is 2. The second kappa shape index (κ2) is 4.53. The van der Waals surface area contributed by atoms with E-state index in [4.69, 9.17) is 5.73 Å². The number of carbonyl (C=O) groups is 1. The van der Waals surface area contributed by atoms with Crippen LogP contribution in [0.2, 0.25) is 0 Å². The molecule has 1 aliphatic heterocycles. The number of hydrogen-bond acceptors (Lipinski definition) is 2. The zero-order valence-corrected chi connectivity index (χ0v) is 9.49. The van der Waals surface area contributed by atoms with Gasteiger partial charge in [0.2, 0.25) is 0 Å². The van der Waals surface area contributed by atoms with E-state index in [-0.39, 0.29) is 6.03 Å². The first-order chi connectivity index (χ1) is 7.72. The fourth-order valence-corrected chi connectivity index (χ4v) is 1.93. The molecule has 0 bridgehead atoms. The minimum atomic E-state index is -0.0106.